The topological polar surface area (TPSA) is 56.1 Å². The molecule has 5 nitrogen and oxygen atoms in total. The number of benzene rings is 1. The Morgan fingerprint density at radius 1 is 1.39 bits per heavy atom. The van der Waals surface area contributed by atoms with Gasteiger partial charge in [-0.2, -0.15) is 5.10 Å². The Kier molecular flexibility index (Phi) is 3.62. The van der Waals surface area contributed by atoms with Gasteiger partial charge in [-0.15, -0.1) is 0 Å². The number of hydrogen-bond acceptors (Lipinski definition) is 4. The number of rotatable bonds is 4. The Hall–Kier alpha value is -2.30. The summed E-state index contributed by atoms with van der Waals surface area (Å²) in [7, 11) is 1.37. The molecule has 0 spiro atoms. The predicted octanol–water partition coefficient (Wildman–Crippen LogP) is 1.85. The van der Waals surface area contributed by atoms with E-state index in [0.29, 0.717) is 0 Å². The highest BCUT2D eigenvalue weighted by Gasteiger charge is 2.13. The van der Waals surface area contributed by atoms with Gasteiger partial charge in [0.15, 0.2) is 0 Å². The van der Waals surface area contributed by atoms with Crippen LogP contribution < -0.4 is 5.32 Å². The van der Waals surface area contributed by atoms with E-state index in [9.17, 15) is 4.79 Å². The fraction of sp³-hybridized carbons (Fsp3) is 0.231. The molecule has 0 aliphatic carbocycles. The molecule has 94 valence electrons. The van der Waals surface area contributed by atoms with E-state index in [1.54, 1.807) is 17.8 Å². The van der Waals surface area contributed by atoms with Gasteiger partial charge in [-0.3, -0.25) is 0 Å². The molecule has 1 aromatic carbocycles. The predicted molar refractivity (Wildman–Crippen MR) is 68.7 cm³/mol. The zero-order valence-electron chi connectivity index (χ0n) is 10.3. The van der Waals surface area contributed by atoms with Gasteiger partial charge in [0.05, 0.1) is 30.9 Å². The minimum atomic E-state index is -0.400. The number of aromatic nitrogens is 2. The molecular weight excluding hydrogens is 230 g/mol. The first-order valence-corrected chi connectivity index (χ1v) is 5.65. The second-order valence-corrected chi connectivity index (χ2v) is 3.90. The maximum Gasteiger partial charge on any atom is 0.327 e. The van der Waals surface area contributed by atoms with Crippen molar-refractivity contribution in [1.29, 1.82) is 0 Å². The van der Waals surface area contributed by atoms with Gasteiger partial charge >= 0.3 is 5.97 Å². The van der Waals surface area contributed by atoms with E-state index in [4.69, 9.17) is 0 Å². The van der Waals surface area contributed by atoms with E-state index in [2.05, 4.69) is 15.2 Å². The molecule has 0 unspecified atom stereocenters. The van der Waals surface area contributed by atoms with Crippen molar-refractivity contribution in [2.45, 2.75) is 13.0 Å². The van der Waals surface area contributed by atoms with Crippen LogP contribution in [0.2, 0.25) is 0 Å². The lowest BCUT2D eigenvalue weighted by Gasteiger charge is -2.10. The summed E-state index contributed by atoms with van der Waals surface area (Å²) in [6, 6.07) is 9.36. The quantitative estimate of drug-likeness (QED) is 0.835. The fourth-order valence-electron chi connectivity index (χ4n) is 1.60. The van der Waals surface area contributed by atoms with Crippen molar-refractivity contribution >= 4 is 11.7 Å². The minimum Gasteiger partial charge on any atom is -0.467 e. The number of nitrogens with one attached hydrogen (secondary N) is 1. The molecule has 1 atom stereocenters. The summed E-state index contributed by atoms with van der Waals surface area (Å²) in [4.78, 5) is 11.3. The lowest BCUT2D eigenvalue weighted by molar-refractivity contribution is -0.141. The highest BCUT2D eigenvalue weighted by atomic mass is 16.5. The van der Waals surface area contributed by atoms with Crippen LogP contribution in [0.5, 0.6) is 0 Å². The standard InChI is InChI=1S/C13H15N3O2/c1-10(13(17)18-2)15-11-8-14-16(9-11)12-6-4-3-5-7-12/h3-10,15H,1-2H3/t10-/m1/s1. The van der Waals surface area contributed by atoms with E-state index in [0.717, 1.165) is 11.4 Å². The number of esters is 1. The van der Waals surface area contributed by atoms with Crippen LogP contribution in [0, 0.1) is 0 Å². The number of anilines is 1. The van der Waals surface area contributed by atoms with Crippen LogP contribution >= 0.6 is 0 Å². The molecule has 2 aromatic rings. The number of ether oxygens (including phenoxy) is 1. The van der Waals surface area contributed by atoms with Crippen molar-refractivity contribution in [2.24, 2.45) is 0 Å². The molecule has 1 N–H and O–H groups in total. The van der Waals surface area contributed by atoms with Gasteiger partial charge in [0, 0.05) is 0 Å². The molecule has 1 aromatic heterocycles. The molecule has 0 aliphatic heterocycles. The monoisotopic (exact) mass is 245 g/mol. The van der Waals surface area contributed by atoms with Crippen molar-refractivity contribution in [3.05, 3.63) is 42.7 Å². The molecule has 5 heteroatoms. The normalized spacial score (nSPS) is 11.9. The SMILES string of the molecule is COC(=O)[C@@H](C)Nc1cnn(-c2ccccc2)c1. The Morgan fingerprint density at radius 2 is 2.11 bits per heavy atom. The van der Waals surface area contributed by atoms with E-state index in [1.165, 1.54) is 7.11 Å². The second kappa shape index (κ2) is 5.35. The smallest absolute Gasteiger partial charge is 0.327 e. The summed E-state index contributed by atoms with van der Waals surface area (Å²) in [5.41, 5.74) is 1.74. The second-order valence-electron chi connectivity index (χ2n) is 3.90. The molecule has 2 rings (SSSR count). The zero-order chi connectivity index (χ0) is 13.0. The number of para-hydroxylation sites is 1. The first-order valence-electron chi connectivity index (χ1n) is 5.65. The molecule has 0 bridgehead atoms. The lowest BCUT2D eigenvalue weighted by Crippen LogP contribution is -2.26. The highest BCUT2D eigenvalue weighted by molar-refractivity contribution is 5.78. The van der Waals surface area contributed by atoms with E-state index < -0.39 is 6.04 Å². The molecule has 0 aliphatic rings. The molecular formula is C13H15N3O2. The van der Waals surface area contributed by atoms with Crippen LogP contribution in [0.3, 0.4) is 0 Å². The summed E-state index contributed by atoms with van der Waals surface area (Å²) in [6.45, 7) is 1.74. The number of hydrogen-bond donors (Lipinski definition) is 1. The molecule has 1 heterocycles. The number of carbonyl (C=O) groups excluding carboxylic acids is 1. The van der Waals surface area contributed by atoms with Gasteiger partial charge in [-0.1, -0.05) is 18.2 Å². The third-order valence-corrected chi connectivity index (χ3v) is 2.54. The highest BCUT2D eigenvalue weighted by Crippen LogP contribution is 2.12. The molecule has 0 radical (unpaired) electrons. The summed E-state index contributed by atoms with van der Waals surface area (Å²) in [5.74, 6) is -0.303. The first-order chi connectivity index (χ1) is 8.70. The van der Waals surface area contributed by atoms with Crippen LogP contribution in [0.15, 0.2) is 42.7 Å². The lowest BCUT2D eigenvalue weighted by atomic mass is 10.3. The van der Waals surface area contributed by atoms with Crippen LogP contribution in [-0.4, -0.2) is 28.9 Å². The van der Waals surface area contributed by atoms with Crippen molar-refractivity contribution in [1.82, 2.24) is 9.78 Å². The number of carbonyl (C=O) groups is 1. The summed E-state index contributed by atoms with van der Waals surface area (Å²) >= 11 is 0. The summed E-state index contributed by atoms with van der Waals surface area (Å²) < 4.78 is 6.39. The molecule has 18 heavy (non-hydrogen) atoms. The summed E-state index contributed by atoms with van der Waals surface area (Å²) in [5, 5.41) is 7.25. The number of methoxy groups -OCH3 is 1. The third kappa shape index (κ3) is 2.68. The van der Waals surface area contributed by atoms with Crippen LogP contribution in [0.1, 0.15) is 6.92 Å². The Balaban J connectivity index is 2.09. The zero-order valence-corrected chi connectivity index (χ0v) is 10.3. The maximum atomic E-state index is 11.3. The van der Waals surface area contributed by atoms with Gasteiger partial charge in [0.25, 0.3) is 0 Å². The third-order valence-electron chi connectivity index (χ3n) is 2.54. The van der Waals surface area contributed by atoms with Crippen molar-refractivity contribution in [3.63, 3.8) is 0 Å². The summed E-state index contributed by atoms with van der Waals surface area (Å²) in [6.07, 6.45) is 3.50. The minimum absolute atomic E-state index is 0.303. The first kappa shape index (κ1) is 12.2. The van der Waals surface area contributed by atoms with Gasteiger partial charge in [-0.25, -0.2) is 9.48 Å². The Morgan fingerprint density at radius 3 is 2.78 bits per heavy atom. The van der Waals surface area contributed by atoms with Crippen LogP contribution in [0.25, 0.3) is 5.69 Å². The molecule has 0 saturated carbocycles. The Bertz CT molecular complexity index is 522. The molecule has 0 saturated heterocycles. The van der Waals surface area contributed by atoms with Gasteiger partial charge in [0.2, 0.25) is 0 Å². The average Bonchev–Trinajstić information content (AvgIpc) is 2.87. The van der Waals surface area contributed by atoms with Crippen molar-refractivity contribution in [2.75, 3.05) is 12.4 Å². The van der Waals surface area contributed by atoms with Crippen LogP contribution in [-0.2, 0) is 9.53 Å². The number of nitrogens with zero attached hydrogens (tertiary/aromatic N) is 2. The van der Waals surface area contributed by atoms with Gasteiger partial charge in [0.1, 0.15) is 6.04 Å². The largest absolute Gasteiger partial charge is 0.467 e. The van der Waals surface area contributed by atoms with Gasteiger partial charge < -0.3 is 10.1 Å². The molecule has 0 amide bonds. The average molecular weight is 245 g/mol. The Labute approximate surface area is 105 Å². The maximum absolute atomic E-state index is 11.3. The van der Waals surface area contributed by atoms with Gasteiger partial charge in [-0.05, 0) is 19.1 Å². The van der Waals surface area contributed by atoms with Crippen molar-refractivity contribution < 1.29 is 9.53 Å². The van der Waals surface area contributed by atoms with E-state index in [-0.39, 0.29) is 5.97 Å². The molecule has 0 fully saturated rings. The van der Waals surface area contributed by atoms with E-state index in [1.807, 2.05) is 36.5 Å². The van der Waals surface area contributed by atoms with Crippen LogP contribution in [0.4, 0.5) is 5.69 Å². The fourth-order valence-corrected chi connectivity index (χ4v) is 1.60. The van der Waals surface area contributed by atoms with Crippen molar-refractivity contribution in [3.8, 4) is 5.69 Å². The van der Waals surface area contributed by atoms with E-state index >= 15 is 0 Å².